The van der Waals surface area contributed by atoms with Crippen molar-refractivity contribution in [3.8, 4) is 11.5 Å². The van der Waals surface area contributed by atoms with Gasteiger partial charge in [0.05, 0.1) is 46.2 Å². The van der Waals surface area contributed by atoms with E-state index < -0.39 is 24.1 Å². The van der Waals surface area contributed by atoms with Gasteiger partial charge in [-0.05, 0) is 92.2 Å². The van der Waals surface area contributed by atoms with E-state index in [9.17, 15) is 4.21 Å². The number of rotatable bonds is 13. The number of hydrogen-bond donors (Lipinski definition) is 0. The summed E-state index contributed by atoms with van der Waals surface area (Å²) in [5, 5.41) is 0.349. The minimum Gasteiger partial charge on any atom is -0.497 e. The fraction of sp³-hybridized carbons (Fsp3) is 0.586. The second-order valence-corrected chi connectivity index (χ2v) is 20.3. The zero-order valence-corrected chi connectivity index (χ0v) is 30.1. The van der Waals surface area contributed by atoms with Crippen molar-refractivity contribution in [3.05, 3.63) is 50.3 Å². The number of halogens is 2. The molecule has 40 heavy (non-hydrogen) atoms. The normalized spacial score (nSPS) is 14.7. The Morgan fingerprint density at radius 1 is 1.15 bits per heavy atom. The van der Waals surface area contributed by atoms with E-state index in [-0.39, 0.29) is 22.9 Å². The van der Waals surface area contributed by atoms with Gasteiger partial charge in [-0.15, -0.1) is 0 Å². The van der Waals surface area contributed by atoms with Crippen LogP contribution in [-0.4, -0.2) is 48.3 Å². The molecule has 0 radical (unpaired) electrons. The molecule has 0 bridgehead atoms. The van der Waals surface area contributed by atoms with Gasteiger partial charge in [0.2, 0.25) is 0 Å². The van der Waals surface area contributed by atoms with Crippen molar-refractivity contribution in [3.63, 3.8) is 0 Å². The molecule has 11 heteroatoms. The highest BCUT2D eigenvalue weighted by Crippen LogP contribution is 2.40. The van der Waals surface area contributed by atoms with Crippen LogP contribution in [0.1, 0.15) is 72.2 Å². The van der Waals surface area contributed by atoms with Crippen LogP contribution in [0.15, 0.2) is 34.7 Å². The molecule has 0 spiro atoms. The molecule has 0 aliphatic carbocycles. The first kappa shape index (κ1) is 35.1. The molecule has 2 atom stereocenters. The molecular weight excluding hydrogens is 679 g/mol. The standard InChI is InChI=1S/C29H44ClIN2O5SSi/c1-20(38-40(9,10)29(5,6)7)25-17-24(31)26(27(30)32-25)37-19-22(33-39(34)28(2,3)4)15-16-36-18-21-11-13-23(35-8)14-12-21/h11-14,17,20H,15-16,18-19H2,1-10H3. The summed E-state index contributed by atoms with van der Waals surface area (Å²) in [7, 11) is -1.78. The van der Waals surface area contributed by atoms with Crippen molar-refractivity contribution >= 4 is 59.2 Å². The highest BCUT2D eigenvalue weighted by molar-refractivity contribution is 14.1. The SMILES string of the molecule is COc1ccc(COCCC(COc2c(I)cc(C(C)O[Si](C)(C)C(C)(C)C)nc2Cl)=NS(=O)C(C)(C)C)cc1. The zero-order valence-electron chi connectivity index (χ0n) is 25.4. The third-order valence-corrected chi connectivity index (χ3v) is 13.8. The minimum absolute atomic E-state index is 0.0858. The molecule has 0 amide bonds. The van der Waals surface area contributed by atoms with E-state index in [0.29, 0.717) is 31.1 Å². The number of benzene rings is 1. The Kier molecular flexibility index (Phi) is 13.1. The van der Waals surface area contributed by atoms with E-state index in [0.717, 1.165) is 20.6 Å². The molecule has 0 saturated carbocycles. The maximum Gasteiger partial charge on any atom is 0.192 e. The maximum atomic E-state index is 12.8. The van der Waals surface area contributed by atoms with Gasteiger partial charge >= 0.3 is 0 Å². The molecule has 0 saturated heterocycles. The number of nitrogens with zero attached hydrogens (tertiary/aromatic N) is 2. The molecule has 0 aliphatic heterocycles. The Morgan fingerprint density at radius 2 is 1.77 bits per heavy atom. The average molecular weight is 723 g/mol. The quantitative estimate of drug-likeness (QED) is 0.0681. The van der Waals surface area contributed by atoms with Gasteiger partial charge in [-0.2, -0.15) is 4.40 Å². The lowest BCUT2D eigenvalue weighted by molar-refractivity contribution is 0.127. The van der Waals surface area contributed by atoms with E-state index in [1.165, 1.54) is 0 Å². The van der Waals surface area contributed by atoms with Crippen molar-refractivity contribution in [2.75, 3.05) is 20.3 Å². The van der Waals surface area contributed by atoms with E-state index in [1.807, 2.05) is 58.0 Å². The number of aromatic nitrogens is 1. The van der Waals surface area contributed by atoms with E-state index in [2.05, 4.69) is 65.8 Å². The van der Waals surface area contributed by atoms with E-state index in [1.54, 1.807) is 7.11 Å². The highest BCUT2D eigenvalue weighted by atomic mass is 127. The van der Waals surface area contributed by atoms with Crippen molar-refractivity contribution < 1.29 is 22.8 Å². The lowest BCUT2D eigenvalue weighted by atomic mass is 10.2. The van der Waals surface area contributed by atoms with Gasteiger partial charge in [0.15, 0.2) is 19.2 Å². The molecule has 2 unspecified atom stereocenters. The van der Waals surface area contributed by atoms with Crippen molar-refractivity contribution in [2.45, 2.75) is 90.5 Å². The number of ether oxygens (including phenoxy) is 3. The molecule has 7 nitrogen and oxygen atoms in total. The lowest BCUT2D eigenvalue weighted by Crippen LogP contribution is -2.41. The Hall–Kier alpha value is -1.05. The van der Waals surface area contributed by atoms with Gasteiger partial charge in [-0.1, -0.05) is 44.5 Å². The molecule has 0 aliphatic rings. The highest BCUT2D eigenvalue weighted by Gasteiger charge is 2.39. The second kappa shape index (κ2) is 14.9. The summed E-state index contributed by atoms with van der Waals surface area (Å²) in [6.45, 7) is 19.7. The van der Waals surface area contributed by atoms with Gasteiger partial charge in [-0.3, -0.25) is 0 Å². The topological polar surface area (TPSA) is 79.2 Å². The Bertz CT molecular complexity index is 1160. The second-order valence-electron chi connectivity index (χ2n) is 12.1. The summed E-state index contributed by atoms with van der Waals surface area (Å²) in [4.78, 5) is 4.60. The summed E-state index contributed by atoms with van der Waals surface area (Å²) in [5.41, 5.74) is 2.43. The summed E-state index contributed by atoms with van der Waals surface area (Å²) >= 11 is 8.80. The van der Waals surface area contributed by atoms with Crippen LogP contribution in [0.2, 0.25) is 23.3 Å². The van der Waals surface area contributed by atoms with Crippen LogP contribution < -0.4 is 9.47 Å². The Balaban J connectivity index is 2.11. The molecule has 1 heterocycles. The van der Waals surface area contributed by atoms with Crippen LogP contribution in [0.25, 0.3) is 0 Å². The molecule has 224 valence electrons. The first-order valence-electron chi connectivity index (χ1n) is 13.3. The summed E-state index contributed by atoms with van der Waals surface area (Å²) < 4.78 is 41.3. The lowest BCUT2D eigenvalue weighted by Gasteiger charge is -2.38. The molecule has 1 aromatic heterocycles. The smallest absolute Gasteiger partial charge is 0.192 e. The maximum absolute atomic E-state index is 12.8. The van der Waals surface area contributed by atoms with Crippen molar-refractivity contribution in [1.29, 1.82) is 0 Å². The minimum atomic E-state index is -1.98. The Labute approximate surface area is 262 Å². The van der Waals surface area contributed by atoms with Crippen LogP contribution in [0.3, 0.4) is 0 Å². The van der Waals surface area contributed by atoms with Crippen LogP contribution >= 0.6 is 34.2 Å². The predicted octanol–water partition coefficient (Wildman–Crippen LogP) is 8.32. The van der Waals surface area contributed by atoms with Gasteiger partial charge < -0.3 is 18.6 Å². The van der Waals surface area contributed by atoms with E-state index >= 15 is 0 Å². The van der Waals surface area contributed by atoms with Gasteiger partial charge in [0.1, 0.15) is 23.3 Å². The third kappa shape index (κ3) is 10.7. The fourth-order valence-corrected chi connectivity index (χ4v) is 6.32. The van der Waals surface area contributed by atoms with Crippen molar-refractivity contribution in [1.82, 2.24) is 4.98 Å². The average Bonchev–Trinajstić information content (AvgIpc) is 2.84. The van der Waals surface area contributed by atoms with Gasteiger partial charge in [0, 0.05) is 6.42 Å². The summed E-state index contributed by atoms with van der Waals surface area (Å²) in [6.07, 6.45) is 0.268. The van der Waals surface area contributed by atoms with Crippen LogP contribution in [0.5, 0.6) is 11.5 Å². The largest absolute Gasteiger partial charge is 0.497 e. The molecule has 0 fully saturated rings. The first-order chi connectivity index (χ1) is 18.4. The van der Waals surface area contributed by atoms with Crippen LogP contribution in [0, 0.1) is 3.57 Å². The first-order valence-corrected chi connectivity index (χ1v) is 18.8. The monoisotopic (exact) mass is 722 g/mol. The third-order valence-electron chi connectivity index (χ3n) is 6.68. The van der Waals surface area contributed by atoms with Gasteiger partial charge in [0.25, 0.3) is 0 Å². The summed E-state index contributed by atoms with van der Waals surface area (Å²) in [5.74, 6) is 1.27. The molecule has 2 rings (SSSR count). The van der Waals surface area contributed by atoms with Crippen molar-refractivity contribution in [2.24, 2.45) is 4.40 Å². The Morgan fingerprint density at radius 3 is 2.30 bits per heavy atom. The number of methoxy groups -OCH3 is 1. The van der Waals surface area contributed by atoms with Crippen LogP contribution in [0.4, 0.5) is 0 Å². The zero-order chi connectivity index (χ0) is 30.3. The molecule has 0 N–H and O–H groups in total. The molecular formula is C29H44ClIN2O5SSi. The molecule has 1 aromatic carbocycles. The number of hydrogen-bond acceptors (Lipinski definition) is 6. The predicted molar refractivity (Wildman–Crippen MR) is 177 cm³/mol. The fourth-order valence-electron chi connectivity index (χ4n) is 3.16. The van der Waals surface area contributed by atoms with E-state index in [4.69, 9.17) is 30.2 Å². The summed E-state index contributed by atoms with van der Waals surface area (Å²) in [6, 6.07) is 9.67. The molecule has 2 aromatic rings. The van der Waals surface area contributed by atoms with Crippen LogP contribution in [-0.2, 0) is 26.8 Å². The number of pyridine rings is 1. The van der Waals surface area contributed by atoms with Gasteiger partial charge in [-0.25, -0.2) is 9.19 Å².